The van der Waals surface area contributed by atoms with Crippen LogP contribution in [0.15, 0.2) is 24.1 Å². The van der Waals surface area contributed by atoms with Gasteiger partial charge in [-0.25, -0.2) is 9.97 Å². The average Bonchev–Trinajstić information content (AvgIpc) is 3.09. The molecule has 0 spiro atoms. The molecule has 1 saturated heterocycles. The molecule has 1 aliphatic heterocycles. The summed E-state index contributed by atoms with van der Waals surface area (Å²) in [4.78, 5) is 11.4. The highest BCUT2D eigenvalue weighted by molar-refractivity contribution is 7.09. The third-order valence-corrected chi connectivity index (χ3v) is 4.89. The summed E-state index contributed by atoms with van der Waals surface area (Å²) in [5.41, 5.74) is 1.31. The highest BCUT2D eigenvalue weighted by Crippen LogP contribution is 2.33. The van der Waals surface area contributed by atoms with E-state index in [4.69, 9.17) is 0 Å². The molecule has 4 nitrogen and oxygen atoms in total. The fourth-order valence-electron chi connectivity index (χ4n) is 2.99. The van der Waals surface area contributed by atoms with Crippen molar-refractivity contribution in [3.63, 3.8) is 0 Å². The highest BCUT2D eigenvalue weighted by atomic mass is 32.1. The van der Waals surface area contributed by atoms with E-state index >= 15 is 0 Å². The minimum Gasteiger partial charge on any atom is -0.331 e. The van der Waals surface area contributed by atoms with Crippen LogP contribution in [0.2, 0.25) is 0 Å². The van der Waals surface area contributed by atoms with Gasteiger partial charge in [0.15, 0.2) is 0 Å². The van der Waals surface area contributed by atoms with Gasteiger partial charge in [0, 0.05) is 30.4 Å². The van der Waals surface area contributed by atoms with Crippen molar-refractivity contribution in [2.45, 2.75) is 51.7 Å². The number of nitrogens with zero attached hydrogens (tertiary/aromatic N) is 4. The van der Waals surface area contributed by atoms with Crippen LogP contribution in [0.4, 0.5) is 0 Å². The molecule has 1 atom stereocenters. The van der Waals surface area contributed by atoms with Gasteiger partial charge in [-0.3, -0.25) is 4.90 Å². The van der Waals surface area contributed by atoms with Crippen LogP contribution in [0.1, 0.15) is 55.9 Å². The lowest BCUT2D eigenvalue weighted by atomic mass is 10.0. The summed E-state index contributed by atoms with van der Waals surface area (Å²) in [5, 5.41) is 3.35. The summed E-state index contributed by atoms with van der Waals surface area (Å²) >= 11 is 1.78. The predicted octanol–water partition coefficient (Wildman–Crippen LogP) is 3.65. The zero-order valence-corrected chi connectivity index (χ0v) is 13.0. The number of likely N-dealkylation sites (tertiary alicyclic amines) is 1. The standard InChI is InChI=1S/C15H22N4S/c1-12(2)19-11-16-9-13(19)10-18-7-4-3-5-14(18)15-17-6-8-20-15/h6,8-9,11-12,14H,3-5,7,10H2,1-2H3. The normalized spacial score (nSPS) is 20.6. The maximum atomic E-state index is 4.53. The third kappa shape index (κ3) is 2.79. The van der Waals surface area contributed by atoms with Gasteiger partial charge in [-0.05, 0) is 33.2 Å². The van der Waals surface area contributed by atoms with Crippen LogP contribution >= 0.6 is 11.3 Å². The van der Waals surface area contributed by atoms with Crippen LogP contribution in [-0.4, -0.2) is 26.0 Å². The van der Waals surface area contributed by atoms with Crippen LogP contribution < -0.4 is 0 Å². The van der Waals surface area contributed by atoms with Crippen LogP contribution in [-0.2, 0) is 6.54 Å². The summed E-state index contributed by atoms with van der Waals surface area (Å²) < 4.78 is 2.27. The van der Waals surface area contributed by atoms with Crippen molar-refractivity contribution in [3.8, 4) is 0 Å². The van der Waals surface area contributed by atoms with Gasteiger partial charge in [-0.1, -0.05) is 6.42 Å². The highest BCUT2D eigenvalue weighted by Gasteiger charge is 2.26. The molecule has 0 aromatic carbocycles. The Morgan fingerprint density at radius 2 is 2.30 bits per heavy atom. The van der Waals surface area contributed by atoms with E-state index in [-0.39, 0.29) is 0 Å². The number of imidazole rings is 1. The fraction of sp³-hybridized carbons (Fsp3) is 0.600. The summed E-state index contributed by atoms with van der Waals surface area (Å²) in [6.45, 7) is 6.55. The molecule has 20 heavy (non-hydrogen) atoms. The van der Waals surface area contributed by atoms with Crippen molar-refractivity contribution >= 4 is 11.3 Å². The van der Waals surface area contributed by atoms with E-state index in [1.807, 2.05) is 18.7 Å². The molecule has 2 aromatic rings. The predicted molar refractivity (Wildman–Crippen MR) is 81.7 cm³/mol. The van der Waals surface area contributed by atoms with E-state index < -0.39 is 0 Å². The Bertz CT molecular complexity index is 532. The van der Waals surface area contributed by atoms with Gasteiger partial charge in [0.05, 0.1) is 18.1 Å². The molecule has 2 aromatic heterocycles. The molecule has 1 unspecified atom stereocenters. The zero-order valence-electron chi connectivity index (χ0n) is 12.2. The first-order chi connectivity index (χ1) is 9.75. The molecule has 0 bridgehead atoms. The van der Waals surface area contributed by atoms with Gasteiger partial charge in [0.25, 0.3) is 0 Å². The summed E-state index contributed by atoms with van der Waals surface area (Å²) in [6, 6.07) is 0.954. The van der Waals surface area contributed by atoms with Crippen LogP contribution in [0.3, 0.4) is 0 Å². The van der Waals surface area contributed by atoms with Crippen LogP contribution in [0.5, 0.6) is 0 Å². The molecule has 1 aliphatic rings. The number of aromatic nitrogens is 3. The second-order valence-corrected chi connectivity index (χ2v) is 6.66. The van der Waals surface area contributed by atoms with E-state index in [2.05, 4.69) is 38.7 Å². The maximum absolute atomic E-state index is 4.53. The molecule has 5 heteroatoms. The SMILES string of the molecule is CC(C)n1cncc1CN1CCCCC1c1nccs1. The molecule has 0 aliphatic carbocycles. The number of hydrogen-bond acceptors (Lipinski definition) is 4. The summed E-state index contributed by atoms with van der Waals surface area (Å²) in [5.74, 6) is 0. The maximum Gasteiger partial charge on any atom is 0.110 e. The Balaban J connectivity index is 1.79. The van der Waals surface area contributed by atoms with Crippen molar-refractivity contribution in [1.29, 1.82) is 0 Å². The average molecular weight is 290 g/mol. The smallest absolute Gasteiger partial charge is 0.110 e. The monoisotopic (exact) mass is 290 g/mol. The van der Waals surface area contributed by atoms with Gasteiger partial charge in [0.1, 0.15) is 5.01 Å². The number of hydrogen-bond donors (Lipinski definition) is 0. The van der Waals surface area contributed by atoms with Crippen molar-refractivity contribution in [1.82, 2.24) is 19.4 Å². The Labute approximate surface area is 124 Å². The molecule has 0 saturated carbocycles. The minimum atomic E-state index is 0.468. The van der Waals surface area contributed by atoms with E-state index in [0.717, 1.165) is 13.1 Å². The van der Waals surface area contributed by atoms with Crippen molar-refractivity contribution in [2.75, 3.05) is 6.54 Å². The van der Waals surface area contributed by atoms with Gasteiger partial charge < -0.3 is 4.57 Å². The molecule has 108 valence electrons. The van der Waals surface area contributed by atoms with Gasteiger partial charge in [-0.2, -0.15) is 0 Å². The number of thiazole rings is 1. The topological polar surface area (TPSA) is 34.0 Å². The van der Waals surface area contributed by atoms with E-state index in [1.165, 1.54) is 30.0 Å². The molecule has 3 heterocycles. The molecule has 0 N–H and O–H groups in total. The Morgan fingerprint density at radius 1 is 1.40 bits per heavy atom. The van der Waals surface area contributed by atoms with Gasteiger partial charge in [-0.15, -0.1) is 11.3 Å². The zero-order chi connectivity index (χ0) is 13.9. The minimum absolute atomic E-state index is 0.468. The fourth-order valence-corrected chi connectivity index (χ4v) is 3.79. The second kappa shape index (κ2) is 6.06. The molecule has 1 fully saturated rings. The van der Waals surface area contributed by atoms with Crippen LogP contribution in [0.25, 0.3) is 0 Å². The van der Waals surface area contributed by atoms with Crippen molar-refractivity contribution < 1.29 is 0 Å². The van der Waals surface area contributed by atoms with Crippen molar-refractivity contribution in [3.05, 3.63) is 34.8 Å². The lowest BCUT2D eigenvalue weighted by molar-refractivity contribution is 0.136. The molecular weight excluding hydrogens is 268 g/mol. The van der Waals surface area contributed by atoms with E-state index in [1.54, 1.807) is 11.3 Å². The first kappa shape index (κ1) is 13.8. The Morgan fingerprint density at radius 3 is 3.05 bits per heavy atom. The van der Waals surface area contributed by atoms with Gasteiger partial charge >= 0.3 is 0 Å². The lowest BCUT2D eigenvalue weighted by Gasteiger charge is -2.34. The first-order valence-electron chi connectivity index (χ1n) is 7.40. The first-order valence-corrected chi connectivity index (χ1v) is 8.28. The van der Waals surface area contributed by atoms with E-state index in [9.17, 15) is 0 Å². The molecule has 0 amide bonds. The number of rotatable bonds is 4. The van der Waals surface area contributed by atoms with Gasteiger partial charge in [0.2, 0.25) is 0 Å². The Hall–Kier alpha value is -1.20. The molecular formula is C15H22N4S. The quantitative estimate of drug-likeness (QED) is 0.862. The molecule has 3 rings (SSSR count). The van der Waals surface area contributed by atoms with E-state index in [0.29, 0.717) is 12.1 Å². The summed E-state index contributed by atoms with van der Waals surface area (Å²) in [6.07, 6.45) is 9.70. The Kier molecular flexibility index (Phi) is 4.17. The number of piperidine rings is 1. The lowest BCUT2D eigenvalue weighted by Crippen LogP contribution is -2.33. The largest absolute Gasteiger partial charge is 0.331 e. The second-order valence-electron chi connectivity index (χ2n) is 5.74. The van der Waals surface area contributed by atoms with Crippen molar-refractivity contribution in [2.24, 2.45) is 0 Å². The molecule has 0 radical (unpaired) electrons. The third-order valence-electron chi connectivity index (χ3n) is 4.02. The van der Waals surface area contributed by atoms with Crippen LogP contribution in [0, 0.1) is 0 Å². The summed E-state index contributed by atoms with van der Waals surface area (Å²) in [7, 11) is 0.